The van der Waals surface area contributed by atoms with Gasteiger partial charge in [0.2, 0.25) is 0 Å². The van der Waals surface area contributed by atoms with Crippen LogP contribution >= 0.6 is 0 Å². The first-order valence-electron chi connectivity index (χ1n) is 10.1. The first kappa shape index (κ1) is 17.8. The molecule has 4 rings (SSSR count). The Morgan fingerprint density at radius 2 is 1.85 bits per heavy atom. The van der Waals surface area contributed by atoms with Gasteiger partial charge in [-0.05, 0) is 54.4 Å². The number of hydrogen-bond donors (Lipinski definition) is 2. The summed E-state index contributed by atoms with van der Waals surface area (Å²) in [5, 5.41) is 6.91. The Labute approximate surface area is 157 Å². The Morgan fingerprint density at radius 1 is 1.12 bits per heavy atom. The van der Waals surface area contributed by atoms with Crippen LogP contribution in [0.3, 0.4) is 0 Å². The molecule has 2 bridgehead atoms. The molecule has 0 spiro atoms. The number of nitrogens with one attached hydrogen (secondary N) is 2. The molecule has 0 radical (unpaired) electrons. The van der Waals surface area contributed by atoms with Crippen LogP contribution < -0.4 is 10.6 Å². The van der Waals surface area contributed by atoms with Gasteiger partial charge in [0.15, 0.2) is 0 Å². The molecule has 0 heterocycles. The molecule has 3 aliphatic carbocycles. The fourth-order valence-corrected chi connectivity index (χ4v) is 5.54. The monoisotopic (exact) mass is 356 g/mol. The molecule has 142 valence electrons. The van der Waals surface area contributed by atoms with Gasteiger partial charge in [0.25, 0.3) is 0 Å². The summed E-state index contributed by atoms with van der Waals surface area (Å²) in [4.78, 5) is 12.0. The standard InChI is InChI=1S/C22H32N2O2/c1-21(2)16-9-10-22(21,3)19(11-16)23-17-12-18(13-17)24-20(25)26-14-15-7-5-4-6-8-15/h4-8,16-19,23H,9-14H2,1-3H3,(H,24,25). The summed E-state index contributed by atoms with van der Waals surface area (Å²) >= 11 is 0. The van der Waals surface area contributed by atoms with Gasteiger partial charge in [0, 0.05) is 18.1 Å². The largest absolute Gasteiger partial charge is 0.445 e. The Balaban J connectivity index is 1.19. The molecular weight excluding hydrogens is 324 g/mol. The number of carbonyl (C=O) groups excluding carboxylic acids is 1. The first-order valence-corrected chi connectivity index (χ1v) is 10.1. The van der Waals surface area contributed by atoms with Crippen LogP contribution in [0, 0.1) is 16.7 Å². The highest BCUT2D eigenvalue weighted by molar-refractivity contribution is 5.67. The van der Waals surface area contributed by atoms with Crippen LogP contribution in [0.1, 0.15) is 58.4 Å². The van der Waals surface area contributed by atoms with E-state index in [1.807, 2.05) is 30.3 Å². The molecule has 4 heteroatoms. The van der Waals surface area contributed by atoms with E-state index in [1.165, 1.54) is 19.3 Å². The predicted molar refractivity (Wildman–Crippen MR) is 103 cm³/mol. The number of rotatable bonds is 5. The summed E-state index contributed by atoms with van der Waals surface area (Å²) in [6.45, 7) is 7.73. The summed E-state index contributed by atoms with van der Waals surface area (Å²) < 4.78 is 5.32. The highest BCUT2D eigenvalue weighted by Gasteiger charge is 2.61. The number of hydrogen-bond acceptors (Lipinski definition) is 3. The normalized spacial score (nSPS) is 37.2. The number of alkyl carbamates (subject to hydrolysis) is 1. The van der Waals surface area contributed by atoms with Crippen molar-refractivity contribution in [2.24, 2.45) is 16.7 Å². The van der Waals surface area contributed by atoms with Crippen LogP contribution in [-0.2, 0) is 11.3 Å². The second kappa shape index (κ2) is 6.56. The third kappa shape index (κ3) is 3.02. The molecule has 4 nitrogen and oxygen atoms in total. The van der Waals surface area contributed by atoms with E-state index in [0.29, 0.717) is 29.5 Å². The zero-order valence-corrected chi connectivity index (χ0v) is 16.3. The minimum atomic E-state index is -0.301. The van der Waals surface area contributed by atoms with Gasteiger partial charge in [-0.25, -0.2) is 4.79 Å². The van der Waals surface area contributed by atoms with E-state index in [9.17, 15) is 4.79 Å². The summed E-state index contributed by atoms with van der Waals surface area (Å²) in [5.41, 5.74) is 1.89. The SMILES string of the molecule is CC1(C)C2CCC1(C)C(NC1CC(NC(=O)OCc3ccccc3)C1)C2. The summed E-state index contributed by atoms with van der Waals surface area (Å²) in [6, 6.07) is 11.2. The smallest absolute Gasteiger partial charge is 0.407 e. The first-order chi connectivity index (χ1) is 12.4. The Kier molecular flexibility index (Phi) is 4.50. The number of ether oxygens (including phenoxy) is 1. The molecular formula is C22H32N2O2. The number of fused-ring (bicyclic) bond motifs is 2. The number of carbonyl (C=O) groups is 1. The maximum Gasteiger partial charge on any atom is 0.407 e. The van der Waals surface area contributed by atoms with Crippen LogP contribution in [-0.4, -0.2) is 24.2 Å². The Bertz CT molecular complexity index is 653. The van der Waals surface area contributed by atoms with Crippen LogP contribution in [0.15, 0.2) is 30.3 Å². The molecule has 3 fully saturated rings. The molecule has 1 aromatic carbocycles. The molecule has 0 aromatic heterocycles. The molecule has 0 saturated heterocycles. The third-order valence-electron chi connectivity index (χ3n) is 7.90. The van der Waals surface area contributed by atoms with Crippen molar-refractivity contribution in [3.63, 3.8) is 0 Å². The summed E-state index contributed by atoms with van der Waals surface area (Å²) in [6.07, 6.45) is 5.78. The van der Waals surface area contributed by atoms with E-state index < -0.39 is 0 Å². The van der Waals surface area contributed by atoms with E-state index in [2.05, 4.69) is 31.4 Å². The second-order valence-corrected chi connectivity index (χ2v) is 9.40. The highest BCUT2D eigenvalue weighted by Crippen LogP contribution is 2.65. The van der Waals surface area contributed by atoms with Crippen molar-refractivity contribution in [1.29, 1.82) is 0 Å². The molecule has 2 N–H and O–H groups in total. The van der Waals surface area contributed by atoms with Crippen LogP contribution in [0.25, 0.3) is 0 Å². The quantitative estimate of drug-likeness (QED) is 0.829. The molecule has 3 atom stereocenters. The van der Waals surface area contributed by atoms with Crippen molar-refractivity contribution >= 4 is 6.09 Å². The van der Waals surface area contributed by atoms with Crippen LogP contribution in [0.4, 0.5) is 4.79 Å². The Hall–Kier alpha value is -1.55. The summed E-state index contributed by atoms with van der Waals surface area (Å²) in [5.74, 6) is 0.868. The van der Waals surface area contributed by atoms with Gasteiger partial charge in [-0.1, -0.05) is 51.1 Å². The van der Waals surface area contributed by atoms with Gasteiger partial charge in [-0.15, -0.1) is 0 Å². The van der Waals surface area contributed by atoms with Gasteiger partial charge in [-0.3, -0.25) is 0 Å². The van der Waals surface area contributed by atoms with Crippen molar-refractivity contribution in [3.05, 3.63) is 35.9 Å². The van der Waals surface area contributed by atoms with Crippen LogP contribution in [0.5, 0.6) is 0 Å². The van der Waals surface area contributed by atoms with E-state index in [1.54, 1.807) is 0 Å². The van der Waals surface area contributed by atoms with E-state index >= 15 is 0 Å². The minimum Gasteiger partial charge on any atom is -0.445 e. The number of amides is 1. The summed E-state index contributed by atoms with van der Waals surface area (Å²) in [7, 11) is 0. The highest BCUT2D eigenvalue weighted by atomic mass is 16.5. The van der Waals surface area contributed by atoms with Crippen molar-refractivity contribution in [3.8, 4) is 0 Å². The minimum absolute atomic E-state index is 0.246. The van der Waals surface area contributed by atoms with Crippen molar-refractivity contribution in [1.82, 2.24) is 10.6 Å². The predicted octanol–water partition coefficient (Wildman–Crippen LogP) is 4.25. The lowest BCUT2D eigenvalue weighted by Crippen LogP contribution is -2.57. The fourth-order valence-electron chi connectivity index (χ4n) is 5.54. The third-order valence-corrected chi connectivity index (χ3v) is 7.90. The topological polar surface area (TPSA) is 50.4 Å². The zero-order chi connectivity index (χ0) is 18.4. The molecule has 26 heavy (non-hydrogen) atoms. The molecule has 0 aliphatic heterocycles. The lowest BCUT2D eigenvalue weighted by molar-refractivity contribution is 0.0955. The van der Waals surface area contributed by atoms with Gasteiger partial charge in [0.1, 0.15) is 6.61 Å². The lowest BCUT2D eigenvalue weighted by Gasteiger charge is -2.44. The van der Waals surface area contributed by atoms with Gasteiger partial charge < -0.3 is 15.4 Å². The Morgan fingerprint density at radius 3 is 2.46 bits per heavy atom. The number of benzene rings is 1. The molecule has 1 amide bonds. The zero-order valence-electron chi connectivity index (χ0n) is 16.3. The van der Waals surface area contributed by atoms with E-state index in [0.717, 1.165) is 24.3 Å². The van der Waals surface area contributed by atoms with Crippen molar-refractivity contribution < 1.29 is 9.53 Å². The van der Waals surface area contributed by atoms with Gasteiger partial charge in [0.05, 0.1) is 0 Å². The maximum absolute atomic E-state index is 12.0. The fraction of sp³-hybridized carbons (Fsp3) is 0.682. The second-order valence-electron chi connectivity index (χ2n) is 9.40. The average Bonchev–Trinajstić information content (AvgIpc) is 2.92. The van der Waals surface area contributed by atoms with Gasteiger partial charge in [-0.2, -0.15) is 0 Å². The van der Waals surface area contributed by atoms with Crippen molar-refractivity contribution in [2.45, 2.75) is 77.6 Å². The molecule has 3 aliphatic rings. The molecule has 1 aromatic rings. The van der Waals surface area contributed by atoms with Crippen molar-refractivity contribution in [2.75, 3.05) is 0 Å². The molecule has 3 saturated carbocycles. The van der Waals surface area contributed by atoms with Gasteiger partial charge >= 0.3 is 6.09 Å². The average molecular weight is 357 g/mol. The lowest BCUT2D eigenvalue weighted by atomic mass is 9.68. The molecule has 3 unspecified atom stereocenters. The van der Waals surface area contributed by atoms with E-state index in [-0.39, 0.29) is 12.1 Å². The van der Waals surface area contributed by atoms with Crippen LogP contribution in [0.2, 0.25) is 0 Å². The maximum atomic E-state index is 12.0. The van der Waals surface area contributed by atoms with E-state index in [4.69, 9.17) is 4.74 Å².